The number of cyclic esters (lactones) is 1. The summed E-state index contributed by atoms with van der Waals surface area (Å²) >= 11 is 7.04. The number of nitrogens with one attached hydrogen (secondary N) is 1. The second kappa shape index (κ2) is 9.05. The Morgan fingerprint density at radius 3 is 2.78 bits per heavy atom. The van der Waals surface area contributed by atoms with Crippen LogP contribution < -0.4 is 20.5 Å². The number of carbonyl (C=O) groups is 2. The van der Waals surface area contributed by atoms with E-state index in [1.54, 1.807) is 55.7 Å². The Morgan fingerprint density at radius 2 is 2.06 bits per heavy atom. The number of pyridine rings is 1. The number of hydrogen-bond donors (Lipinski definition) is 1. The number of methoxy groups -OCH3 is 1. The number of aromatic nitrogens is 1. The van der Waals surface area contributed by atoms with Gasteiger partial charge in [-0.3, -0.25) is 14.5 Å². The van der Waals surface area contributed by atoms with E-state index < -0.39 is 12.2 Å². The molecule has 1 N–H and O–H groups in total. The molecule has 1 saturated heterocycles. The Morgan fingerprint density at radius 1 is 1.25 bits per heavy atom. The van der Waals surface area contributed by atoms with Gasteiger partial charge in [0.2, 0.25) is 0 Å². The number of hydrogen-bond acceptors (Lipinski definition) is 6. The number of halogens is 1. The molecule has 166 valence electrons. The Balaban J connectivity index is 1.49. The summed E-state index contributed by atoms with van der Waals surface area (Å²) in [5.41, 5.74) is 1.55. The zero-order valence-corrected chi connectivity index (χ0v) is 18.9. The van der Waals surface area contributed by atoms with Crippen molar-refractivity contribution >= 4 is 40.6 Å². The quantitative estimate of drug-likeness (QED) is 0.591. The summed E-state index contributed by atoms with van der Waals surface area (Å²) < 4.78 is 12.9. The van der Waals surface area contributed by atoms with Gasteiger partial charge >= 0.3 is 6.09 Å². The van der Waals surface area contributed by atoms with Crippen molar-refractivity contribution in [3.8, 4) is 16.9 Å². The maximum absolute atomic E-state index is 12.5. The molecule has 10 heteroatoms. The smallest absolute Gasteiger partial charge is 0.414 e. The molecule has 2 aromatic heterocycles. The van der Waals surface area contributed by atoms with Gasteiger partial charge in [-0.2, -0.15) is 0 Å². The van der Waals surface area contributed by atoms with Crippen LogP contribution in [0.3, 0.4) is 0 Å². The molecule has 1 aliphatic rings. The van der Waals surface area contributed by atoms with Gasteiger partial charge in [0.1, 0.15) is 11.9 Å². The van der Waals surface area contributed by atoms with Crippen molar-refractivity contribution in [1.29, 1.82) is 0 Å². The van der Waals surface area contributed by atoms with E-state index in [4.69, 9.17) is 21.1 Å². The predicted octanol–water partition coefficient (Wildman–Crippen LogP) is 3.53. The van der Waals surface area contributed by atoms with Crippen molar-refractivity contribution in [2.75, 3.05) is 25.1 Å². The number of thiophene rings is 1. The molecule has 0 bridgehead atoms. The molecular formula is C22H20ClN3O5S. The molecule has 3 aromatic rings. The fraction of sp³-hybridized carbons (Fsp3) is 0.227. The van der Waals surface area contributed by atoms with Crippen LogP contribution in [0.1, 0.15) is 9.67 Å². The minimum absolute atomic E-state index is 0.151. The van der Waals surface area contributed by atoms with Gasteiger partial charge in [0.15, 0.2) is 0 Å². The van der Waals surface area contributed by atoms with E-state index in [1.165, 1.54) is 27.9 Å². The normalized spacial score (nSPS) is 15.5. The molecular weight excluding hydrogens is 454 g/mol. The van der Waals surface area contributed by atoms with Crippen LogP contribution in [0, 0.1) is 0 Å². The Hall–Kier alpha value is -3.30. The van der Waals surface area contributed by atoms with E-state index in [1.807, 2.05) is 0 Å². The summed E-state index contributed by atoms with van der Waals surface area (Å²) in [5, 5.41) is 2.76. The highest BCUT2D eigenvalue weighted by molar-refractivity contribution is 7.18. The van der Waals surface area contributed by atoms with Crippen molar-refractivity contribution in [3.63, 3.8) is 0 Å². The number of ether oxygens (including phenoxy) is 2. The molecule has 1 atom stereocenters. The van der Waals surface area contributed by atoms with Gasteiger partial charge in [0, 0.05) is 24.9 Å². The zero-order valence-electron chi connectivity index (χ0n) is 17.3. The van der Waals surface area contributed by atoms with Gasteiger partial charge < -0.3 is 19.4 Å². The average Bonchev–Trinajstić information content (AvgIpc) is 3.39. The Labute approximate surface area is 192 Å². The third-order valence-corrected chi connectivity index (χ3v) is 6.30. The van der Waals surface area contributed by atoms with E-state index in [0.29, 0.717) is 31.8 Å². The number of nitrogens with zero attached hydrogens (tertiary/aromatic N) is 2. The minimum atomic E-state index is -0.520. The third kappa shape index (κ3) is 4.35. The molecule has 0 unspecified atom stereocenters. The molecule has 1 aromatic carbocycles. The first-order valence-corrected chi connectivity index (χ1v) is 10.9. The topological polar surface area (TPSA) is 89.9 Å². The number of aryl methyl sites for hydroxylation is 1. The van der Waals surface area contributed by atoms with Crippen LogP contribution in [-0.4, -0.2) is 42.9 Å². The van der Waals surface area contributed by atoms with Crippen LogP contribution >= 0.6 is 22.9 Å². The van der Waals surface area contributed by atoms with Crippen molar-refractivity contribution in [3.05, 3.63) is 68.2 Å². The largest absolute Gasteiger partial charge is 0.496 e. The molecule has 0 radical (unpaired) electrons. The maximum Gasteiger partial charge on any atom is 0.414 e. The molecule has 0 saturated carbocycles. The molecule has 0 aliphatic carbocycles. The standard InChI is InChI=1S/C22H20ClN3O5S/c1-25-9-3-4-16(21(25)28)15-6-5-13(10-17(15)30-2)26-12-14(31-22(26)29)11-24-20(27)18-7-8-19(23)32-18/h3-10,14H,11-12H2,1-2H3,(H,24,27)/t14-/m0/s1. The van der Waals surface area contributed by atoms with Crippen LogP contribution in [0.2, 0.25) is 4.34 Å². The van der Waals surface area contributed by atoms with E-state index >= 15 is 0 Å². The van der Waals surface area contributed by atoms with Gasteiger partial charge in [0.25, 0.3) is 11.5 Å². The first-order valence-electron chi connectivity index (χ1n) is 9.73. The van der Waals surface area contributed by atoms with E-state index in [9.17, 15) is 14.4 Å². The summed E-state index contributed by atoms with van der Waals surface area (Å²) in [6.45, 7) is 0.436. The zero-order chi connectivity index (χ0) is 22.8. The van der Waals surface area contributed by atoms with Gasteiger partial charge in [-0.1, -0.05) is 11.6 Å². The monoisotopic (exact) mass is 473 g/mol. The van der Waals surface area contributed by atoms with Crippen LogP contribution in [-0.2, 0) is 11.8 Å². The number of amides is 2. The lowest BCUT2D eigenvalue weighted by atomic mass is 10.1. The Kier molecular flexibility index (Phi) is 6.20. The van der Waals surface area contributed by atoms with E-state index in [2.05, 4.69) is 5.32 Å². The summed E-state index contributed by atoms with van der Waals surface area (Å²) in [6, 6.07) is 12.0. The fourth-order valence-electron chi connectivity index (χ4n) is 3.44. The van der Waals surface area contributed by atoms with Crippen LogP contribution in [0.15, 0.2) is 53.5 Å². The van der Waals surface area contributed by atoms with Gasteiger partial charge in [-0.25, -0.2) is 4.79 Å². The molecule has 2 amide bonds. The summed E-state index contributed by atoms with van der Waals surface area (Å²) in [6.07, 6.45) is 0.654. The summed E-state index contributed by atoms with van der Waals surface area (Å²) in [4.78, 5) is 39.1. The highest BCUT2D eigenvalue weighted by Crippen LogP contribution is 2.33. The second-order valence-electron chi connectivity index (χ2n) is 7.15. The molecule has 4 rings (SSSR count). The lowest BCUT2D eigenvalue weighted by Gasteiger charge is -2.16. The molecule has 32 heavy (non-hydrogen) atoms. The minimum Gasteiger partial charge on any atom is -0.496 e. The molecule has 0 spiro atoms. The van der Waals surface area contributed by atoms with E-state index in [0.717, 1.165) is 0 Å². The molecule has 8 nitrogen and oxygen atoms in total. The highest BCUT2D eigenvalue weighted by Gasteiger charge is 2.33. The summed E-state index contributed by atoms with van der Waals surface area (Å²) in [5.74, 6) is 0.191. The van der Waals surface area contributed by atoms with Gasteiger partial charge in [0.05, 0.1) is 40.7 Å². The molecule has 1 fully saturated rings. The highest BCUT2D eigenvalue weighted by atomic mass is 35.5. The Bertz CT molecular complexity index is 1240. The maximum atomic E-state index is 12.5. The van der Waals surface area contributed by atoms with Crippen molar-refractivity contribution < 1.29 is 19.1 Å². The van der Waals surface area contributed by atoms with Gasteiger partial charge in [-0.05, 0) is 36.4 Å². The van der Waals surface area contributed by atoms with Gasteiger partial charge in [-0.15, -0.1) is 11.3 Å². The number of rotatable bonds is 6. The SMILES string of the molecule is COc1cc(N2C[C@H](CNC(=O)c3ccc(Cl)s3)OC2=O)ccc1-c1cccn(C)c1=O. The van der Waals surface area contributed by atoms with E-state index in [-0.39, 0.29) is 24.6 Å². The van der Waals surface area contributed by atoms with Crippen molar-refractivity contribution in [2.24, 2.45) is 7.05 Å². The molecule has 1 aliphatic heterocycles. The third-order valence-electron chi connectivity index (χ3n) is 5.07. The number of benzene rings is 1. The lowest BCUT2D eigenvalue weighted by Crippen LogP contribution is -2.34. The average molecular weight is 474 g/mol. The van der Waals surface area contributed by atoms with Crippen molar-refractivity contribution in [1.82, 2.24) is 9.88 Å². The van der Waals surface area contributed by atoms with Crippen LogP contribution in [0.25, 0.3) is 11.1 Å². The van der Waals surface area contributed by atoms with Crippen molar-refractivity contribution in [2.45, 2.75) is 6.10 Å². The second-order valence-corrected chi connectivity index (χ2v) is 8.87. The first kappa shape index (κ1) is 21.9. The lowest BCUT2D eigenvalue weighted by molar-refractivity contribution is 0.0920. The number of anilines is 1. The predicted molar refractivity (Wildman–Crippen MR) is 123 cm³/mol. The summed E-state index contributed by atoms with van der Waals surface area (Å²) in [7, 11) is 3.19. The fourth-order valence-corrected chi connectivity index (χ4v) is 4.40. The molecule has 3 heterocycles. The first-order chi connectivity index (χ1) is 15.4. The van der Waals surface area contributed by atoms with Crippen LogP contribution in [0.5, 0.6) is 5.75 Å². The number of carbonyl (C=O) groups excluding carboxylic acids is 2. The van der Waals surface area contributed by atoms with Crippen LogP contribution in [0.4, 0.5) is 10.5 Å².